The quantitative estimate of drug-likeness (QED) is 0.184. The second kappa shape index (κ2) is 12.5. The molecule has 1 atom stereocenters. The summed E-state index contributed by atoms with van der Waals surface area (Å²) in [5.74, 6) is 1.71. The highest BCUT2D eigenvalue weighted by atomic mass is 32.1. The Kier molecular flexibility index (Phi) is 8.47. The maximum atomic E-state index is 13.9. The van der Waals surface area contributed by atoms with Crippen LogP contribution >= 0.6 is 11.3 Å². The number of thiophene rings is 1. The Balaban J connectivity index is 1.17. The Hall–Kier alpha value is -3.19. The molecule has 40 heavy (non-hydrogen) atoms. The third-order valence-corrected chi connectivity index (χ3v) is 9.41. The normalized spacial score (nSPS) is 16.9. The SMILES string of the molecule is C[C@H](COc1ccc(C(=O)c2c(-c3ccc(OCCN4CCCC4)cc3)sc3ccccc23)cc1)N1CCCC1. The highest BCUT2D eigenvalue weighted by Crippen LogP contribution is 2.40. The topological polar surface area (TPSA) is 42.0 Å². The molecule has 1 aromatic heterocycles. The highest BCUT2D eigenvalue weighted by Gasteiger charge is 2.22. The lowest BCUT2D eigenvalue weighted by molar-refractivity contribution is 0.104. The Bertz CT molecular complexity index is 1420. The van der Waals surface area contributed by atoms with E-state index in [4.69, 9.17) is 9.47 Å². The van der Waals surface area contributed by atoms with Crippen molar-refractivity contribution in [3.8, 4) is 21.9 Å². The number of rotatable bonds is 11. The molecule has 0 amide bonds. The molecule has 0 N–H and O–H groups in total. The maximum Gasteiger partial charge on any atom is 0.195 e. The third-order valence-electron chi connectivity index (χ3n) is 8.19. The summed E-state index contributed by atoms with van der Waals surface area (Å²) < 4.78 is 13.2. The minimum Gasteiger partial charge on any atom is -0.492 e. The van der Waals surface area contributed by atoms with Crippen molar-refractivity contribution in [2.45, 2.75) is 38.6 Å². The third kappa shape index (κ3) is 6.09. The van der Waals surface area contributed by atoms with Crippen LogP contribution in [0.1, 0.15) is 48.5 Å². The summed E-state index contributed by atoms with van der Waals surface area (Å²) in [4.78, 5) is 19.9. The van der Waals surface area contributed by atoms with E-state index in [1.807, 2.05) is 48.5 Å². The number of carbonyl (C=O) groups excluding carboxylic acids is 1. The molecule has 0 saturated carbocycles. The molecule has 0 spiro atoms. The standard InChI is InChI=1S/C34H38N2O3S/c1-25(36-20-6-7-21-36)24-39-29-14-10-26(11-15-29)33(37)32-30-8-2-3-9-31(30)40-34(32)27-12-16-28(17-13-27)38-23-22-35-18-4-5-19-35/h2-3,8-17,25H,4-7,18-24H2,1H3/t25-/m1/s1. The van der Waals surface area contributed by atoms with Crippen LogP contribution in [0, 0.1) is 0 Å². The van der Waals surface area contributed by atoms with Gasteiger partial charge in [0.25, 0.3) is 0 Å². The molecule has 0 bridgehead atoms. The lowest BCUT2D eigenvalue weighted by Crippen LogP contribution is -2.34. The maximum absolute atomic E-state index is 13.9. The van der Waals surface area contributed by atoms with Gasteiger partial charge in [0.1, 0.15) is 24.7 Å². The molecule has 0 radical (unpaired) electrons. The van der Waals surface area contributed by atoms with Crippen molar-refractivity contribution in [3.05, 3.63) is 83.9 Å². The van der Waals surface area contributed by atoms with Gasteiger partial charge in [0, 0.05) is 38.7 Å². The van der Waals surface area contributed by atoms with Crippen LogP contribution in [0.4, 0.5) is 0 Å². The Labute approximate surface area is 241 Å². The molecular formula is C34H38N2O3S. The Morgan fingerprint density at radius 1 is 0.825 bits per heavy atom. The van der Waals surface area contributed by atoms with Crippen LogP contribution in [0.5, 0.6) is 11.5 Å². The summed E-state index contributed by atoms with van der Waals surface area (Å²) in [5, 5.41) is 0.998. The van der Waals surface area contributed by atoms with Crippen molar-refractivity contribution in [3.63, 3.8) is 0 Å². The van der Waals surface area contributed by atoms with Gasteiger partial charge >= 0.3 is 0 Å². The first kappa shape index (κ1) is 27.0. The summed E-state index contributed by atoms with van der Waals surface area (Å²) in [6.45, 7) is 9.22. The summed E-state index contributed by atoms with van der Waals surface area (Å²) in [6, 6.07) is 24.4. The molecule has 6 heteroatoms. The van der Waals surface area contributed by atoms with Crippen molar-refractivity contribution in [2.75, 3.05) is 45.9 Å². The van der Waals surface area contributed by atoms with Gasteiger partial charge in [-0.1, -0.05) is 18.2 Å². The molecule has 2 fully saturated rings. The first-order chi connectivity index (χ1) is 19.7. The van der Waals surface area contributed by atoms with E-state index < -0.39 is 0 Å². The van der Waals surface area contributed by atoms with E-state index in [-0.39, 0.29) is 5.78 Å². The fourth-order valence-corrected chi connectivity index (χ4v) is 7.03. The molecule has 5 nitrogen and oxygen atoms in total. The lowest BCUT2D eigenvalue weighted by Gasteiger charge is -2.23. The summed E-state index contributed by atoms with van der Waals surface area (Å²) in [6.07, 6.45) is 5.14. The number of likely N-dealkylation sites (tertiary alicyclic amines) is 2. The molecule has 6 rings (SSSR count). The van der Waals surface area contributed by atoms with Crippen LogP contribution < -0.4 is 9.47 Å². The number of ether oxygens (including phenoxy) is 2. The molecule has 208 valence electrons. The van der Waals surface area contributed by atoms with Gasteiger partial charge in [0.05, 0.1) is 0 Å². The minimum absolute atomic E-state index is 0.0374. The van der Waals surface area contributed by atoms with Crippen molar-refractivity contribution < 1.29 is 14.3 Å². The molecule has 2 aliphatic heterocycles. The molecule has 2 saturated heterocycles. The predicted octanol–water partition coefficient (Wildman–Crippen LogP) is 7.14. The van der Waals surface area contributed by atoms with E-state index in [0.717, 1.165) is 57.2 Å². The van der Waals surface area contributed by atoms with Crippen LogP contribution in [-0.4, -0.2) is 67.6 Å². The van der Waals surface area contributed by atoms with Gasteiger partial charge in [0.2, 0.25) is 0 Å². The number of carbonyl (C=O) groups is 1. The average molecular weight is 555 g/mol. The second-order valence-corrected chi connectivity index (χ2v) is 12.0. The molecule has 3 aromatic carbocycles. The van der Waals surface area contributed by atoms with Gasteiger partial charge in [-0.15, -0.1) is 11.3 Å². The zero-order valence-electron chi connectivity index (χ0n) is 23.3. The van der Waals surface area contributed by atoms with Crippen LogP contribution in [-0.2, 0) is 0 Å². The molecule has 3 heterocycles. The molecule has 2 aliphatic rings. The van der Waals surface area contributed by atoms with Crippen LogP contribution in [0.3, 0.4) is 0 Å². The van der Waals surface area contributed by atoms with Crippen molar-refractivity contribution in [1.82, 2.24) is 9.80 Å². The van der Waals surface area contributed by atoms with Gasteiger partial charge in [-0.05, 0) is 119 Å². The summed E-state index contributed by atoms with van der Waals surface area (Å²) in [5.41, 5.74) is 2.47. The zero-order valence-corrected chi connectivity index (χ0v) is 24.1. The fraction of sp³-hybridized carbons (Fsp3) is 0.382. The first-order valence-electron chi connectivity index (χ1n) is 14.6. The van der Waals surface area contributed by atoms with Gasteiger partial charge in [-0.25, -0.2) is 0 Å². The van der Waals surface area contributed by atoms with Crippen LogP contribution in [0.15, 0.2) is 72.8 Å². The second-order valence-electron chi connectivity index (χ2n) is 11.0. The van der Waals surface area contributed by atoms with Crippen LogP contribution in [0.2, 0.25) is 0 Å². The van der Waals surface area contributed by atoms with E-state index >= 15 is 0 Å². The van der Waals surface area contributed by atoms with E-state index in [1.165, 1.54) is 38.8 Å². The number of fused-ring (bicyclic) bond motifs is 1. The fourth-order valence-electron chi connectivity index (χ4n) is 5.83. The predicted molar refractivity (Wildman–Crippen MR) is 164 cm³/mol. The van der Waals surface area contributed by atoms with Gasteiger partial charge < -0.3 is 9.47 Å². The number of hydrogen-bond acceptors (Lipinski definition) is 6. The Morgan fingerprint density at radius 2 is 1.48 bits per heavy atom. The molecular weight excluding hydrogens is 516 g/mol. The largest absolute Gasteiger partial charge is 0.492 e. The molecule has 0 unspecified atom stereocenters. The van der Waals surface area contributed by atoms with Crippen molar-refractivity contribution in [2.24, 2.45) is 0 Å². The van der Waals surface area contributed by atoms with E-state index in [0.29, 0.717) is 24.8 Å². The first-order valence-corrected chi connectivity index (χ1v) is 15.5. The monoisotopic (exact) mass is 554 g/mol. The van der Waals surface area contributed by atoms with E-state index in [9.17, 15) is 4.79 Å². The van der Waals surface area contributed by atoms with Gasteiger partial charge in [-0.3, -0.25) is 14.6 Å². The van der Waals surface area contributed by atoms with Crippen molar-refractivity contribution in [1.29, 1.82) is 0 Å². The van der Waals surface area contributed by atoms with Crippen LogP contribution in [0.25, 0.3) is 20.5 Å². The molecule has 4 aromatic rings. The number of hydrogen-bond donors (Lipinski definition) is 0. The molecule has 0 aliphatic carbocycles. The minimum atomic E-state index is 0.0374. The average Bonchev–Trinajstić information content (AvgIpc) is 3.78. The van der Waals surface area contributed by atoms with E-state index in [2.05, 4.69) is 41.0 Å². The number of ketones is 1. The number of benzene rings is 3. The smallest absolute Gasteiger partial charge is 0.195 e. The van der Waals surface area contributed by atoms with Gasteiger partial charge in [-0.2, -0.15) is 0 Å². The summed E-state index contributed by atoms with van der Waals surface area (Å²) in [7, 11) is 0. The van der Waals surface area contributed by atoms with Gasteiger partial charge in [0.15, 0.2) is 5.78 Å². The van der Waals surface area contributed by atoms with E-state index in [1.54, 1.807) is 11.3 Å². The Morgan fingerprint density at radius 3 is 2.23 bits per heavy atom. The highest BCUT2D eigenvalue weighted by molar-refractivity contribution is 7.22. The van der Waals surface area contributed by atoms with Crippen molar-refractivity contribution >= 4 is 27.2 Å². The number of nitrogens with zero attached hydrogens (tertiary/aromatic N) is 2. The lowest BCUT2D eigenvalue weighted by atomic mass is 9.97. The summed E-state index contributed by atoms with van der Waals surface area (Å²) >= 11 is 1.67. The zero-order chi connectivity index (χ0) is 27.3.